The van der Waals surface area contributed by atoms with E-state index in [1.807, 2.05) is 13.0 Å². The fourth-order valence-corrected chi connectivity index (χ4v) is 1.85. The van der Waals surface area contributed by atoms with Crippen LogP contribution >= 0.6 is 0 Å². The molecule has 1 aliphatic rings. The van der Waals surface area contributed by atoms with E-state index in [4.69, 9.17) is 5.26 Å². The van der Waals surface area contributed by atoms with Gasteiger partial charge in [-0.15, -0.1) is 0 Å². The number of hydrogen-bond acceptors (Lipinski definition) is 5. The molecule has 1 saturated heterocycles. The summed E-state index contributed by atoms with van der Waals surface area (Å²) in [6, 6.07) is 4.09. The highest BCUT2D eigenvalue weighted by Crippen LogP contribution is 2.09. The Hall–Kier alpha value is -1.67. The van der Waals surface area contributed by atoms with E-state index in [-0.39, 0.29) is 0 Å². The second-order valence-electron chi connectivity index (χ2n) is 4.02. The lowest BCUT2D eigenvalue weighted by Crippen LogP contribution is -2.38. The molecular weight excluding hydrogens is 202 g/mol. The predicted octanol–water partition coefficient (Wildman–Crippen LogP) is 0.821. The fourth-order valence-electron chi connectivity index (χ4n) is 1.85. The minimum Gasteiger partial charge on any atom is -0.350 e. The number of anilines is 1. The second kappa shape index (κ2) is 4.90. The number of nitrogens with zero attached hydrogens (tertiary/aromatic N) is 3. The molecule has 1 fully saturated rings. The molecule has 0 bridgehead atoms. The second-order valence-corrected chi connectivity index (χ2v) is 4.02. The van der Waals surface area contributed by atoms with Gasteiger partial charge < -0.3 is 10.6 Å². The summed E-state index contributed by atoms with van der Waals surface area (Å²) in [6.45, 7) is 3.88. The van der Waals surface area contributed by atoms with Crippen LogP contribution in [0.5, 0.6) is 0 Å². The first-order chi connectivity index (χ1) is 7.78. The molecule has 1 aliphatic heterocycles. The first-order valence-corrected chi connectivity index (χ1v) is 5.51. The van der Waals surface area contributed by atoms with Crippen molar-refractivity contribution in [2.75, 3.05) is 18.4 Å². The van der Waals surface area contributed by atoms with Crippen LogP contribution in [0.25, 0.3) is 0 Å². The van der Waals surface area contributed by atoms with Crippen molar-refractivity contribution in [2.45, 2.75) is 25.8 Å². The number of aryl methyl sites for hydroxylation is 1. The van der Waals surface area contributed by atoms with E-state index in [2.05, 4.69) is 20.6 Å². The predicted molar refractivity (Wildman–Crippen MR) is 61.0 cm³/mol. The maximum Gasteiger partial charge on any atom is 0.224 e. The Kier molecular flexibility index (Phi) is 3.32. The molecule has 0 amide bonds. The van der Waals surface area contributed by atoms with Crippen LogP contribution in [0.2, 0.25) is 0 Å². The Labute approximate surface area is 94.9 Å². The van der Waals surface area contributed by atoms with Crippen molar-refractivity contribution >= 4 is 5.95 Å². The third-order valence-corrected chi connectivity index (χ3v) is 2.60. The minimum absolute atomic E-state index is 0.363. The molecule has 0 saturated carbocycles. The molecule has 0 radical (unpaired) electrons. The normalized spacial score (nSPS) is 20.1. The summed E-state index contributed by atoms with van der Waals surface area (Å²) in [5, 5.41) is 15.4. The molecule has 84 valence electrons. The maximum atomic E-state index is 8.81. The van der Waals surface area contributed by atoms with E-state index >= 15 is 0 Å². The van der Waals surface area contributed by atoms with E-state index in [1.165, 1.54) is 0 Å². The van der Waals surface area contributed by atoms with Crippen molar-refractivity contribution in [2.24, 2.45) is 0 Å². The largest absolute Gasteiger partial charge is 0.350 e. The lowest BCUT2D eigenvalue weighted by molar-refractivity contribution is 0.478. The molecule has 0 spiro atoms. The van der Waals surface area contributed by atoms with Crippen LogP contribution in [0, 0.1) is 18.3 Å². The average molecular weight is 217 g/mol. The smallest absolute Gasteiger partial charge is 0.224 e. The van der Waals surface area contributed by atoms with Crippen LogP contribution in [0.15, 0.2) is 6.07 Å². The molecule has 0 aliphatic carbocycles. The third-order valence-electron chi connectivity index (χ3n) is 2.60. The monoisotopic (exact) mass is 217 g/mol. The lowest BCUT2D eigenvalue weighted by atomic mass is 10.1. The van der Waals surface area contributed by atoms with Crippen LogP contribution in [0.3, 0.4) is 0 Å². The SMILES string of the molecule is Cc1cc(C#N)nc(NC2CCCNC2)n1. The highest BCUT2D eigenvalue weighted by molar-refractivity contribution is 5.34. The van der Waals surface area contributed by atoms with E-state index in [1.54, 1.807) is 6.07 Å². The Morgan fingerprint density at radius 2 is 2.44 bits per heavy atom. The Morgan fingerprint density at radius 3 is 3.12 bits per heavy atom. The van der Waals surface area contributed by atoms with Gasteiger partial charge in [-0.2, -0.15) is 5.26 Å². The highest BCUT2D eigenvalue weighted by atomic mass is 15.1. The number of nitrogens with one attached hydrogen (secondary N) is 2. The molecule has 2 heterocycles. The van der Waals surface area contributed by atoms with E-state index in [0.717, 1.165) is 31.6 Å². The Bertz CT molecular complexity index is 403. The van der Waals surface area contributed by atoms with Gasteiger partial charge in [-0.25, -0.2) is 9.97 Å². The van der Waals surface area contributed by atoms with Gasteiger partial charge in [-0.1, -0.05) is 0 Å². The quantitative estimate of drug-likeness (QED) is 0.767. The van der Waals surface area contributed by atoms with Crippen LogP contribution < -0.4 is 10.6 Å². The van der Waals surface area contributed by atoms with Gasteiger partial charge in [0.1, 0.15) is 11.8 Å². The molecule has 2 rings (SSSR count). The number of nitriles is 1. The van der Waals surface area contributed by atoms with Gasteiger partial charge in [0.05, 0.1) is 0 Å². The fraction of sp³-hybridized carbons (Fsp3) is 0.545. The first kappa shape index (κ1) is 10.8. The van der Waals surface area contributed by atoms with Crippen molar-refractivity contribution in [3.05, 3.63) is 17.5 Å². The molecule has 2 N–H and O–H groups in total. The zero-order chi connectivity index (χ0) is 11.4. The van der Waals surface area contributed by atoms with Gasteiger partial charge >= 0.3 is 0 Å². The zero-order valence-corrected chi connectivity index (χ0v) is 9.32. The number of aromatic nitrogens is 2. The van der Waals surface area contributed by atoms with Gasteiger partial charge in [0.2, 0.25) is 5.95 Å². The average Bonchev–Trinajstić information content (AvgIpc) is 2.29. The number of rotatable bonds is 2. The summed E-state index contributed by atoms with van der Waals surface area (Å²) < 4.78 is 0. The van der Waals surface area contributed by atoms with Crippen LogP contribution in [-0.4, -0.2) is 29.1 Å². The van der Waals surface area contributed by atoms with Crippen molar-refractivity contribution < 1.29 is 0 Å². The maximum absolute atomic E-state index is 8.81. The lowest BCUT2D eigenvalue weighted by Gasteiger charge is -2.23. The molecule has 1 aromatic rings. The van der Waals surface area contributed by atoms with Crippen molar-refractivity contribution in [1.29, 1.82) is 5.26 Å². The van der Waals surface area contributed by atoms with Gasteiger partial charge in [0.25, 0.3) is 0 Å². The van der Waals surface area contributed by atoms with Gasteiger partial charge in [-0.3, -0.25) is 0 Å². The van der Waals surface area contributed by atoms with E-state index in [0.29, 0.717) is 17.7 Å². The zero-order valence-electron chi connectivity index (χ0n) is 9.32. The minimum atomic E-state index is 0.363. The molecule has 1 atom stereocenters. The summed E-state index contributed by atoms with van der Waals surface area (Å²) >= 11 is 0. The topological polar surface area (TPSA) is 73.6 Å². The molecule has 0 aromatic carbocycles. The van der Waals surface area contributed by atoms with Crippen molar-refractivity contribution in [3.8, 4) is 6.07 Å². The molecule has 1 aromatic heterocycles. The van der Waals surface area contributed by atoms with E-state index in [9.17, 15) is 0 Å². The summed E-state index contributed by atoms with van der Waals surface area (Å²) in [7, 11) is 0. The van der Waals surface area contributed by atoms with Crippen LogP contribution in [0.4, 0.5) is 5.95 Å². The number of hydrogen-bond donors (Lipinski definition) is 2. The van der Waals surface area contributed by atoms with Crippen molar-refractivity contribution in [3.63, 3.8) is 0 Å². The molecular formula is C11H15N5. The van der Waals surface area contributed by atoms with Gasteiger partial charge in [0, 0.05) is 18.3 Å². The van der Waals surface area contributed by atoms with E-state index < -0.39 is 0 Å². The van der Waals surface area contributed by atoms with Crippen LogP contribution in [-0.2, 0) is 0 Å². The van der Waals surface area contributed by atoms with Gasteiger partial charge in [0.15, 0.2) is 0 Å². The number of piperidine rings is 1. The summed E-state index contributed by atoms with van der Waals surface area (Å²) in [5.41, 5.74) is 1.23. The highest BCUT2D eigenvalue weighted by Gasteiger charge is 2.13. The summed E-state index contributed by atoms with van der Waals surface area (Å²) in [5.74, 6) is 0.560. The van der Waals surface area contributed by atoms with Crippen LogP contribution in [0.1, 0.15) is 24.2 Å². The summed E-state index contributed by atoms with van der Waals surface area (Å²) in [4.78, 5) is 8.41. The Morgan fingerprint density at radius 1 is 1.56 bits per heavy atom. The Balaban J connectivity index is 2.08. The third kappa shape index (κ3) is 2.67. The summed E-state index contributed by atoms with van der Waals surface area (Å²) in [6.07, 6.45) is 2.28. The van der Waals surface area contributed by atoms with Gasteiger partial charge in [-0.05, 0) is 32.4 Å². The first-order valence-electron chi connectivity index (χ1n) is 5.51. The standard InChI is InChI=1S/C11H15N5/c1-8-5-10(6-12)16-11(14-8)15-9-3-2-4-13-7-9/h5,9,13H,2-4,7H2,1H3,(H,14,15,16). The molecule has 5 nitrogen and oxygen atoms in total. The van der Waals surface area contributed by atoms with Crippen molar-refractivity contribution in [1.82, 2.24) is 15.3 Å². The molecule has 16 heavy (non-hydrogen) atoms. The molecule has 5 heteroatoms. The molecule has 1 unspecified atom stereocenters.